The molecule has 0 atom stereocenters. The molecular formula is C19H27N3O3S. The summed E-state index contributed by atoms with van der Waals surface area (Å²) >= 11 is 0. The van der Waals surface area contributed by atoms with E-state index in [1.54, 1.807) is 12.1 Å². The zero-order chi connectivity index (χ0) is 19.2. The highest BCUT2D eigenvalue weighted by Gasteiger charge is 2.07. The average Bonchev–Trinajstić information content (AvgIpc) is 2.90. The first kappa shape index (κ1) is 20.0. The van der Waals surface area contributed by atoms with Gasteiger partial charge in [-0.1, -0.05) is 12.1 Å². The number of rotatable bonds is 7. The van der Waals surface area contributed by atoms with E-state index in [9.17, 15) is 8.42 Å². The molecule has 0 unspecified atom stereocenters. The number of aryl methyl sites for hydroxylation is 2. The van der Waals surface area contributed by atoms with Gasteiger partial charge in [0, 0.05) is 24.9 Å². The summed E-state index contributed by atoms with van der Waals surface area (Å²) in [7, 11) is -3.15. The number of guanidine groups is 1. The number of hydrogen-bond acceptors (Lipinski definition) is 4. The van der Waals surface area contributed by atoms with Gasteiger partial charge in [-0.3, -0.25) is 0 Å². The summed E-state index contributed by atoms with van der Waals surface area (Å²) in [6.07, 6.45) is 1.99. The molecule has 2 rings (SSSR count). The molecule has 0 amide bonds. The predicted octanol–water partition coefficient (Wildman–Crippen LogP) is 2.60. The van der Waals surface area contributed by atoms with Gasteiger partial charge < -0.3 is 15.1 Å². The second-order valence-electron chi connectivity index (χ2n) is 6.23. The maximum absolute atomic E-state index is 11.5. The Morgan fingerprint density at radius 3 is 2.38 bits per heavy atom. The molecule has 1 aromatic carbocycles. The Balaban J connectivity index is 1.91. The predicted molar refractivity (Wildman–Crippen MR) is 104 cm³/mol. The Labute approximate surface area is 155 Å². The van der Waals surface area contributed by atoms with Crippen LogP contribution < -0.4 is 10.6 Å². The van der Waals surface area contributed by atoms with Gasteiger partial charge in [0.05, 0.1) is 11.4 Å². The van der Waals surface area contributed by atoms with Crippen LogP contribution in [0, 0.1) is 13.8 Å². The molecule has 26 heavy (non-hydrogen) atoms. The SMILES string of the molecule is CCNC(=NCc1cc(C)oc1C)NCCc1ccc(S(C)(=O)=O)cc1. The quantitative estimate of drug-likeness (QED) is 0.572. The van der Waals surface area contributed by atoms with Gasteiger partial charge in [0.1, 0.15) is 11.5 Å². The van der Waals surface area contributed by atoms with Crippen molar-refractivity contribution in [1.29, 1.82) is 0 Å². The number of benzene rings is 1. The highest BCUT2D eigenvalue weighted by Crippen LogP contribution is 2.14. The van der Waals surface area contributed by atoms with E-state index in [4.69, 9.17) is 4.42 Å². The van der Waals surface area contributed by atoms with Crippen molar-refractivity contribution in [3.63, 3.8) is 0 Å². The highest BCUT2D eigenvalue weighted by molar-refractivity contribution is 7.90. The number of hydrogen-bond donors (Lipinski definition) is 2. The smallest absolute Gasteiger partial charge is 0.191 e. The molecule has 0 bridgehead atoms. The van der Waals surface area contributed by atoms with E-state index >= 15 is 0 Å². The first-order valence-corrected chi connectivity index (χ1v) is 10.6. The fraction of sp³-hybridized carbons (Fsp3) is 0.421. The molecule has 1 aromatic heterocycles. The van der Waals surface area contributed by atoms with Crippen molar-refractivity contribution in [2.75, 3.05) is 19.3 Å². The van der Waals surface area contributed by atoms with Gasteiger partial charge in [-0.15, -0.1) is 0 Å². The summed E-state index contributed by atoms with van der Waals surface area (Å²) in [4.78, 5) is 4.93. The van der Waals surface area contributed by atoms with Gasteiger partial charge in [0.2, 0.25) is 0 Å². The second-order valence-corrected chi connectivity index (χ2v) is 8.24. The van der Waals surface area contributed by atoms with E-state index in [0.29, 0.717) is 18.0 Å². The summed E-state index contributed by atoms with van der Waals surface area (Å²) in [6.45, 7) is 7.93. The molecule has 2 N–H and O–H groups in total. The third-order valence-corrected chi connectivity index (χ3v) is 5.08. The molecule has 0 spiro atoms. The van der Waals surface area contributed by atoms with Crippen LogP contribution in [0.15, 0.2) is 44.6 Å². The molecule has 1 heterocycles. The van der Waals surface area contributed by atoms with E-state index < -0.39 is 9.84 Å². The van der Waals surface area contributed by atoms with Gasteiger partial charge >= 0.3 is 0 Å². The van der Waals surface area contributed by atoms with Crippen molar-refractivity contribution in [2.24, 2.45) is 4.99 Å². The lowest BCUT2D eigenvalue weighted by atomic mass is 10.1. The van der Waals surface area contributed by atoms with Gasteiger partial charge in [-0.2, -0.15) is 0 Å². The zero-order valence-electron chi connectivity index (χ0n) is 15.8. The molecule has 0 saturated carbocycles. The molecule has 7 heteroatoms. The van der Waals surface area contributed by atoms with E-state index in [0.717, 1.165) is 41.6 Å². The van der Waals surface area contributed by atoms with Crippen molar-refractivity contribution < 1.29 is 12.8 Å². The molecule has 142 valence electrons. The fourth-order valence-electron chi connectivity index (χ4n) is 2.57. The minimum absolute atomic E-state index is 0.342. The van der Waals surface area contributed by atoms with Crippen molar-refractivity contribution in [2.45, 2.75) is 38.6 Å². The maximum atomic E-state index is 11.5. The maximum Gasteiger partial charge on any atom is 0.191 e. The van der Waals surface area contributed by atoms with Crippen LogP contribution in [0.2, 0.25) is 0 Å². The monoisotopic (exact) mass is 377 g/mol. The van der Waals surface area contributed by atoms with Crippen LogP contribution in [0.5, 0.6) is 0 Å². The van der Waals surface area contributed by atoms with Gasteiger partial charge in [0.25, 0.3) is 0 Å². The lowest BCUT2D eigenvalue weighted by molar-refractivity contribution is 0.501. The molecule has 0 radical (unpaired) electrons. The molecule has 2 aromatic rings. The van der Waals surface area contributed by atoms with Crippen LogP contribution in [-0.2, 0) is 22.8 Å². The first-order chi connectivity index (χ1) is 12.3. The summed E-state index contributed by atoms with van der Waals surface area (Å²) in [5.41, 5.74) is 2.15. The van der Waals surface area contributed by atoms with Crippen LogP contribution in [0.3, 0.4) is 0 Å². The molecule has 6 nitrogen and oxygen atoms in total. The van der Waals surface area contributed by atoms with Crippen LogP contribution in [0.25, 0.3) is 0 Å². The molecule has 0 fully saturated rings. The Kier molecular flexibility index (Phi) is 6.85. The highest BCUT2D eigenvalue weighted by atomic mass is 32.2. The van der Waals surface area contributed by atoms with Crippen LogP contribution >= 0.6 is 0 Å². The van der Waals surface area contributed by atoms with E-state index in [1.807, 2.05) is 39.0 Å². The zero-order valence-corrected chi connectivity index (χ0v) is 16.6. The fourth-order valence-corrected chi connectivity index (χ4v) is 3.21. The number of nitrogens with zero attached hydrogens (tertiary/aromatic N) is 1. The Hall–Kier alpha value is -2.28. The van der Waals surface area contributed by atoms with Gasteiger partial charge in [0.15, 0.2) is 15.8 Å². The van der Waals surface area contributed by atoms with Gasteiger partial charge in [-0.25, -0.2) is 13.4 Å². The Morgan fingerprint density at radius 1 is 1.15 bits per heavy atom. The van der Waals surface area contributed by atoms with Crippen LogP contribution in [0.1, 0.15) is 29.6 Å². The van der Waals surface area contributed by atoms with E-state index in [1.165, 1.54) is 6.26 Å². The summed E-state index contributed by atoms with van der Waals surface area (Å²) in [5.74, 6) is 2.54. The minimum Gasteiger partial charge on any atom is -0.466 e. The second kappa shape index (κ2) is 8.89. The molecule has 0 saturated heterocycles. The molecule has 0 aliphatic rings. The van der Waals surface area contributed by atoms with Crippen molar-refractivity contribution in [1.82, 2.24) is 10.6 Å². The lowest BCUT2D eigenvalue weighted by Gasteiger charge is -2.11. The average molecular weight is 378 g/mol. The molecular weight excluding hydrogens is 350 g/mol. The van der Waals surface area contributed by atoms with E-state index in [2.05, 4.69) is 15.6 Å². The summed E-state index contributed by atoms with van der Waals surface area (Å²) in [6, 6.07) is 8.99. The van der Waals surface area contributed by atoms with Crippen molar-refractivity contribution in [3.8, 4) is 0 Å². The van der Waals surface area contributed by atoms with Crippen LogP contribution in [0.4, 0.5) is 0 Å². The standard InChI is InChI=1S/C19H27N3O3S/c1-5-20-19(22-13-17-12-14(2)25-15(17)3)21-11-10-16-6-8-18(9-7-16)26(4,23)24/h6-9,12H,5,10-11,13H2,1-4H3,(H2,20,21,22). The third kappa shape index (κ3) is 5.91. The lowest BCUT2D eigenvalue weighted by Crippen LogP contribution is -2.38. The first-order valence-electron chi connectivity index (χ1n) is 8.66. The molecule has 0 aliphatic carbocycles. The Bertz CT molecular complexity index is 853. The number of aliphatic imine (C=N–C) groups is 1. The summed E-state index contributed by atoms with van der Waals surface area (Å²) in [5, 5.41) is 6.52. The number of nitrogens with one attached hydrogen (secondary N) is 2. The minimum atomic E-state index is -3.15. The van der Waals surface area contributed by atoms with Crippen LogP contribution in [-0.4, -0.2) is 33.7 Å². The largest absolute Gasteiger partial charge is 0.466 e. The molecule has 0 aliphatic heterocycles. The number of sulfone groups is 1. The topological polar surface area (TPSA) is 83.7 Å². The normalized spacial score (nSPS) is 12.2. The van der Waals surface area contributed by atoms with Crippen molar-refractivity contribution in [3.05, 3.63) is 53.0 Å². The van der Waals surface area contributed by atoms with Gasteiger partial charge in [-0.05, 0) is 51.0 Å². The van der Waals surface area contributed by atoms with E-state index in [-0.39, 0.29) is 0 Å². The number of furan rings is 1. The van der Waals surface area contributed by atoms with Crippen molar-refractivity contribution >= 4 is 15.8 Å². The third-order valence-electron chi connectivity index (χ3n) is 3.95. The summed E-state index contributed by atoms with van der Waals surface area (Å²) < 4.78 is 28.5. The Morgan fingerprint density at radius 2 is 1.85 bits per heavy atom.